The highest BCUT2D eigenvalue weighted by atomic mass is 16.1. The van der Waals surface area contributed by atoms with Gasteiger partial charge in [-0.05, 0) is 30.9 Å². The van der Waals surface area contributed by atoms with E-state index in [1.807, 2.05) is 13.1 Å². The lowest BCUT2D eigenvalue weighted by Crippen LogP contribution is -2.27. The van der Waals surface area contributed by atoms with Crippen molar-refractivity contribution in [2.45, 2.75) is 40.0 Å². The van der Waals surface area contributed by atoms with E-state index in [0.29, 0.717) is 18.2 Å². The summed E-state index contributed by atoms with van der Waals surface area (Å²) in [7, 11) is 1.99. The highest BCUT2D eigenvalue weighted by Crippen LogP contribution is 2.08. The van der Waals surface area contributed by atoms with E-state index < -0.39 is 0 Å². The molecule has 0 fully saturated rings. The summed E-state index contributed by atoms with van der Waals surface area (Å²) in [6, 6.07) is 3.58. The Morgan fingerprint density at radius 3 is 2.65 bits per heavy atom. The van der Waals surface area contributed by atoms with E-state index in [0.717, 1.165) is 31.6 Å². The molecule has 112 valence electrons. The number of rotatable bonds is 8. The summed E-state index contributed by atoms with van der Waals surface area (Å²) in [5.74, 6) is 1.23. The van der Waals surface area contributed by atoms with Gasteiger partial charge < -0.3 is 10.2 Å². The van der Waals surface area contributed by atoms with Crippen LogP contribution in [-0.4, -0.2) is 36.2 Å². The molecular formula is C15H26N4O. The number of hydrogen-bond donors (Lipinski definition) is 1. The monoisotopic (exact) mass is 278 g/mol. The summed E-state index contributed by atoms with van der Waals surface area (Å²) in [4.78, 5) is 13.9. The van der Waals surface area contributed by atoms with Crippen molar-refractivity contribution < 1.29 is 4.79 Å². The van der Waals surface area contributed by atoms with Gasteiger partial charge in [-0.1, -0.05) is 27.2 Å². The lowest BCUT2D eigenvalue weighted by molar-refractivity contribution is 0.0946. The molecule has 5 nitrogen and oxygen atoms in total. The maximum absolute atomic E-state index is 11.9. The maximum Gasteiger partial charge on any atom is 0.271 e. The highest BCUT2D eigenvalue weighted by Gasteiger charge is 2.09. The second-order valence-corrected chi connectivity index (χ2v) is 5.49. The van der Waals surface area contributed by atoms with Crippen molar-refractivity contribution in [3.63, 3.8) is 0 Å². The normalized spacial score (nSPS) is 10.7. The van der Waals surface area contributed by atoms with E-state index in [9.17, 15) is 4.79 Å². The maximum atomic E-state index is 11.9. The highest BCUT2D eigenvalue weighted by molar-refractivity contribution is 5.92. The molecule has 1 aromatic rings. The van der Waals surface area contributed by atoms with Crippen LogP contribution in [0.5, 0.6) is 0 Å². The molecule has 1 aromatic heterocycles. The molecule has 0 radical (unpaired) electrons. The van der Waals surface area contributed by atoms with Crippen LogP contribution in [0.3, 0.4) is 0 Å². The Morgan fingerprint density at radius 1 is 1.35 bits per heavy atom. The Hall–Kier alpha value is -1.65. The Labute approximate surface area is 121 Å². The largest absolute Gasteiger partial charge is 0.358 e. The fraction of sp³-hybridized carbons (Fsp3) is 0.667. The summed E-state index contributed by atoms with van der Waals surface area (Å²) in [5, 5.41) is 11.0. The van der Waals surface area contributed by atoms with Crippen molar-refractivity contribution in [2.24, 2.45) is 5.92 Å². The van der Waals surface area contributed by atoms with Crippen LogP contribution < -0.4 is 10.2 Å². The SMILES string of the molecule is CCCCN(C)c1ccc(C(=O)NCCC(C)C)nn1. The van der Waals surface area contributed by atoms with Crippen molar-refractivity contribution in [2.75, 3.05) is 25.0 Å². The second-order valence-electron chi connectivity index (χ2n) is 5.49. The molecule has 0 spiro atoms. The molecule has 5 heteroatoms. The van der Waals surface area contributed by atoms with Crippen LogP contribution in [0.15, 0.2) is 12.1 Å². The summed E-state index contributed by atoms with van der Waals surface area (Å²) < 4.78 is 0. The van der Waals surface area contributed by atoms with Gasteiger partial charge >= 0.3 is 0 Å². The summed E-state index contributed by atoms with van der Waals surface area (Å²) in [5.41, 5.74) is 0.376. The van der Waals surface area contributed by atoms with Gasteiger partial charge in [0, 0.05) is 20.1 Å². The first-order chi connectivity index (χ1) is 9.54. The van der Waals surface area contributed by atoms with Crippen LogP contribution >= 0.6 is 0 Å². The van der Waals surface area contributed by atoms with Crippen molar-refractivity contribution in [1.29, 1.82) is 0 Å². The third-order valence-corrected chi connectivity index (χ3v) is 3.13. The number of nitrogens with one attached hydrogen (secondary N) is 1. The van der Waals surface area contributed by atoms with Gasteiger partial charge in [0.25, 0.3) is 5.91 Å². The van der Waals surface area contributed by atoms with E-state index in [1.54, 1.807) is 6.07 Å². The van der Waals surface area contributed by atoms with Crippen LogP contribution in [-0.2, 0) is 0 Å². The van der Waals surface area contributed by atoms with Gasteiger partial charge in [0.15, 0.2) is 11.5 Å². The quantitative estimate of drug-likeness (QED) is 0.793. The molecule has 0 atom stereocenters. The standard InChI is InChI=1S/C15H26N4O/c1-5-6-11-19(4)14-8-7-13(17-18-14)15(20)16-10-9-12(2)3/h7-8,12H,5-6,9-11H2,1-4H3,(H,16,20). The van der Waals surface area contributed by atoms with Crippen molar-refractivity contribution in [1.82, 2.24) is 15.5 Å². The predicted octanol–water partition coefficient (Wildman–Crippen LogP) is 2.49. The van der Waals surface area contributed by atoms with Gasteiger partial charge in [-0.15, -0.1) is 10.2 Å². The molecule has 20 heavy (non-hydrogen) atoms. The minimum absolute atomic E-state index is 0.152. The fourth-order valence-electron chi connectivity index (χ4n) is 1.72. The van der Waals surface area contributed by atoms with E-state index in [1.165, 1.54) is 0 Å². The number of nitrogens with zero attached hydrogens (tertiary/aromatic N) is 3. The summed E-state index contributed by atoms with van der Waals surface area (Å²) >= 11 is 0. The van der Waals surface area contributed by atoms with Crippen LogP contribution in [0.2, 0.25) is 0 Å². The van der Waals surface area contributed by atoms with Crippen LogP contribution in [0.1, 0.15) is 50.5 Å². The van der Waals surface area contributed by atoms with E-state index in [4.69, 9.17) is 0 Å². The molecule has 1 rings (SSSR count). The molecule has 0 saturated carbocycles. The average Bonchev–Trinajstić information content (AvgIpc) is 2.44. The number of unbranched alkanes of at least 4 members (excludes halogenated alkanes) is 1. The lowest BCUT2D eigenvalue weighted by Gasteiger charge is -2.16. The molecule has 0 saturated heterocycles. The van der Waals surface area contributed by atoms with Crippen molar-refractivity contribution in [3.8, 4) is 0 Å². The first-order valence-electron chi connectivity index (χ1n) is 7.37. The van der Waals surface area contributed by atoms with Crippen molar-refractivity contribution >= 4 is 11.7 Å². The number of anilines is 1. The molecule has 0 aliphatic heterocycles. The zero-order chi connectivity index (χ0) is 15.0. The Kier molecular flexibility index (Phi) is 6.98. The molecule has 0 unspecified atom stereocenters. The number of carbonyl (C=O) groups is 1. The Morgan fingerprint density at radius 2 is 2.10 bits per heavy atom. The molecule has 1 heterocycles. The summed E-state index contributed by atoms with van der Waals surface area (Å²) in [6.07, 6.45) is 3.24. The Bertz CT molecular complexity index is 403. The first-order valence-corrected chi connectivity index (χ1v) is 7.37. The smallest absolute Gasteiger partial charge is 0.271 e. The van der Waals surface area contributed by atoms with Crippen molar-refractivity contribution in [3.05, 3.63) is 17.8 Å². The molecule has 0 aliphatic rings. The van der Waals surface area contributed by atoms with Gasteiger partial charge in [-0.25, -0.2) is 0 Å². The topological polar surface area (TPSA) is 58.1 Å². The van der Waals surface area contributed by atoms with E-state index in [2.05, 4.69) is 41.2 Å². The lowest BCUT2D eigenvalue weighted by atomic mass is 10.1. The minimum Gasteiger partial charge on any atom is -0.358 e. The van der Waals surface area contributed by atoms with Crippen LogP contribution in [0.4, 0.5) is 5.82 Å². The zero-order valence-corrected chi connectivity index (χ0v) is 13.0. The second kappa shape index (κ2) is 8.51. The fourth-order valence-corrected chi connectivity index (χ4v) is 1.72. The number of amides is 1. The zero-order valence-electron chi connectivity index (χ0n) is 13.0. The third kappa shape index (κ3) is 5.55. The van der Waals surface area contributed by atoms with Gasteiger partial charge in [0.1, 0.15) is 0 Å². The first kappa shape index (κ1) is 16.4. The molecule has 0 aliphatic carbocycles. The van der Waals surface area contributed by atoms with Gasteiger partial charge in [0.2, 0.25) is 0 Å². The summed E-state index contributed by atoms with van der Waals surface area (Å²) in [6.45, 7) is 8.05. The van der Waals surface area contributed by atoms with Crippen LogP contribution in [0.25, 0.3) is 0 Å². The molecule has 1 N–H and O–H groups in total. The Balaban J connectivity index is 2.50. The van der Waals surface area contributed by atoms with Gasteiger partial charge in [-0.3, -0.25) is 4.79 Å². The van der Waals surface area contributed by atoms with Gasteiger partial charge in [0.05, 0.1) is 0 Å². The number of carbonyl (C=O) groups excluding carboxylic acids is 1. The molecular weight excluding hydrogens is 252 g/mol. The average molecular weight is 278 g/mol. The number of aromatic nitrogens is 2. The number of hydrogen-bond acceptors (Lipinski definition) is 4. The van der Waals surface area contributed by atoms with Crippen LogP contribution in [0, 0.1) is 5.92 Å². The molecule has 0 aromatic carbocycles. The van der Waals surface area contributed by atoms with E-state index >= 15 is 0 Å². The third-order valence-electron chi connectivity index (χ3n) is 3.13. The minimum atomic E-state index is -0.152. The predicted molar refractivity (Wildman–Crippen MR) is 82.0 cm³/mol. The molecule has 1 amide bonds. The molecule has 0 bridgehead atoms. The van der Waals surface area contributed by atoms with E-state index in [-0.39, 0.29) is 5.91 Å². The van der Waals surface area contributed by atoms with Gasteiger partial charge in [-0.2, -0.15) is 0 Å².